The normalized spacial score (nSPS) is 24.8. The zero-order valence-electron chi connectivity index (χ0n) is 21.7. The molecule has 2 fully saturated rings. The molecule has 5 N–H and O–H groups in total. The first-order valence-corrected chi connectivity index (χ1v) is 13.9. The Morgan fingerprint density at radius 1 is 1.19 bits per heavy atom. The number of amides is 2. The summed E-state index contributed by atoms with van der Waals surface area (Å²) in [5, 5.41) is 9.79. The molecule has 1 heterocycles. The summed E-state index contributed by atoms with van der Waals surface area (Å²) in [6.07, 6.45) is 6.59. The molecule has 2 aromatic rings. The van der Waals surface area contributed by atoms with Crippen LogP contribution in [-0.2, 0) is 16.0 Å². The van der Waals surface area contributed by atoms with E-state index in [1.54, 1.807) is 6.20 Å². The maximum absolute atomic E-state index is 12.2. The van der Waals surface area contributed by atoms with Gasteiger partial charge in [-0.25, -0.2) is 9.78 Å². The molecule has 0 radical (unpaired) electrons. The number of hydrogen-bond acceptors (Lipinski definition) is 7. The summed E-state index contributed by atoms with van der Waals surface area (Å²) in [5.41, 5.74) is 6.95. The van der Waals surface area contributed by atoms with Crippen LogP contribution in [0, 0.1) is 17.8 Å². The number of nitrogens with zero attached hydrogens (tertiary/aromatic N) is 2. The van der Waals surface area contributed by atoms with Gasteiger partial charge in [-0.3, -0.25) is 4.79 Å². The number of nitrogens with one attached hydrogen (secondary N) is 3. The fraction of sp³-hybridized carbons (Fsp3) is 0.556. The molecule has 1 aromatic carbocycles. The van der Waals surface area contributed by atoms with Crippen molar-refractivity contribution in [1.82, 2.24) is 15.3 Å². The number of anilines is 3. The zero-order chi connectivity index (χ0) is 26.5. The average Bonchev–Trinajstić information content (AvgIpc) is 2.80. The molecule has 10 heteroatoms. The molecule has 4 rings (SSSR count). The summed E-state index contributed by atoms with van der Waals surface area (Å²) in [4.78, 5) is 32.7. The van der Waals surface area contributed by atoms with Crippen molar-refractivity contribution in [3.05, 3.63) is 40.5 Å². The molecule has 0 saturated heterocycles. The van der Waals surface area contributed by atoms with Gasteiger partial charge in [0.2, 0.25) is 11.9 Å². The molecule has 2 atom stereocenters. The van der Waals surface area contributed by atoms with Crippen molar-refractivity contribution >= 4 is 45.4 Å². The Morgan fingerprint density at radius 2 is 1.92 bits per heavy atom. The van der Waals surface area contributed by atoms with Gasteiger partial charge < -0.3 is 26.4 Å². The first-order chi connectivity index (χ1) is 17.7. The molecule has 37 heavy (non-hydrogen) atoms. The van der Waals surface area contributed by atoms with E-state index in [1.165, 1.54) is 6.42 Å². The monoisotopic (exact) mass is 572 g/mol. The molecule has 2 amide bonds. The fourth-order valence-corrected chi connectivity index (χ4v) is 6.06. The summed E-state index contributed by atoms with van der Waals surface area (Å²) in [5.74, 6) is 2.28. The topological polar surface area (TPSA) is 131 Å². The molecule has 0 aliphatic heterocycles. The Labute approximate surface area is 226 Å². The lowest BCUT2D eigenvalue weighted by molar-refractivity contribution is -0.117. The summed E-state index contributed by atoms with van der Waals surface area (Å²) in [6, 6.07) is 7.79. The lowest BCUT2D eigenvalue weighted by atomic mass is 9.63. The second-order valence-electron chi connectivity index (χ2n) is 10.6. The van der Waals surface area contributed by atoms with Crippen LogP contribution < -0.4 is 21.7 Å². The van der Waals surface area contributed by atoms with Gasteiger partial charge in [0.05, 0.1) is 10.9 Å². The second kappa shape index (κ2) is 12.1. The van der Waals surface area contributed by atoms with Gasteiger partial charge in [-0.05, 0) is 90.9 Å². The minimum absolute atomic E-state index is 0.0537. The van der Waals surface area contributed by atoms with Crippen LogP contribution in [0.5, 0.6) is 0 Å². The standard InChI is InChI=1S/C27H37BrN6O3/c1-4-16-8-18-12-21(37-27(36)31-15(2)3)13-19(9-16)24(18)33-25-22(28)14-30-26(34-25)32-20-7-5-6-17(10-20)11-23(29)35/h5-7,10,14-16,18-19,21,24H,4,8-9,11-13H2,1-3H3,(H2,29,35)(H,31,36)(H2,30,32,33,34)/t16?,18?,19?,21-,24+. The van der Waals surface area contributed by atoms with Gasteiger partial charge in [0.25, 0.3) is 0 Å². The Hall–Kier alpha value is -2.88. The second-order valence-corrected chi connectivity index (χ2v) is 11.4. The summed E-state index contributed by atoms with van der Waals surface area (Å²) in [6.45, 7) is 6.13. The first kappa shape index (κ1) is 27.2. The van der Waals surface area contributed by atoms with Gasteiger partial charge in [-0.15, -0.1) is 0 Å². The number of alkyl carbamates (subject to hydrolysis) is 1. The smallest absolute Gasteiger partial charge is 0.407 e. The average molecular weight is 574 g/mol. The highest BCUT2D eigenvalue weighted by molar-refractivity contribution is 9.10. The molecular formula is C27H37BrN6O3. The van der Waals surface area contributed by atoms with Gasteiger partial charge in [0.15, 0.2) is 0 Å². The van der Waals surface area contributed by atoms with Crippen LogP contribution in [0.3, 0.4) is 0 Å². The van der Waals surface area contributed by atoms with E-state index in [2.05, 4.69) is 43.8 Å². The highest BCUT2D eigenvalue weighted by Crippen LogP contribution is 2.46. The van der Waals surface area contributed by atoms with Crippen molar-refractivity contribution in [2.75, 3.05) is 10.6 Å². The molecule has 200 valence electrons. The van der Waals surface area contributed by atoms with Gasteiger partial charge in [0.1, 0.15) is 11.9 Å². The zero-order valence-corrected chi connectivity index (χ0v) is 23.3. The summed E-state index contributed by atoms with van der Waals surface area (Å²) in [7, 11) is 0. The minimum atomic E-state index is -0.375. The van der Waals surface area contributed by atoms with Crippen LogP contribution in [-0.4, -0.2) is 40.2 Å². The van der Waals surface area contributed by atoms with Crippen LogP contribution in [0.25, 0.3) is 0 Å². The van der Waals surface area contributed by atoms with Crippen molar-refractivity contribution in [3.8, 4) is 0 Å². The number of benzene rings is 1. The minimum Gasteiger partial charge on any atom is -0.446 e. The van der Waals surface area contributed by atoms with E-state index < -0.39 is 0 Å². The van der Waals surface area contributed by atoms with E-state index >= 15 is 0 Å². The van der Waals surface area contributed by atoms with Crippen LogP contribution in [0.1, 0.15) is 58.4 Å². The highest BCUT2D eigenvalue weighted by Gasteiger charge is 2.44. The van der Waals surface area contributed by atoms with Crippen molar-refractivity contribution in [2.24, 2.45) is 23.5 Å². The SMILES string of the molecule is CCC1CC2C[C@H](OC(=O)NC(C)C)CC(C1)[C@@H]2Nc1nc(Nc2cccc(CC(N)=O)c2)ncc1Br. The molecule has 1 aromatic heterocycles. The van der Waals surface area contributed by atoms with Crippen LogP contribution in [0.15, 0.2) is 34.9 Å². The van der Waals surface area contributed by atoms with Gasteiger partial charge in [0, 0.05) is 24.0 Å². The predicted octanol–water partition coefficient (Wildman–Crippen LogP) is 5.14. The molecule has 2 aliphatic rings. The Morgan fingerprint density at radius 3 is 2.57 bits per heavy atom. The molecule has 9 nitrogen and oxygen atoms in total. The summed E-state index contributed by atoms with van der Waals surface area (Å²) >= 11 is 3.61. The number of aromatic nitrogens is 2. The lowest BCUT2D eigenvalue weighted by Crippen LogP contribution is -2.50. The third-order valence-corrected chi connectivity index (χ3v) is 7.87. The predicted molar refractivity (Wildman–Crippen MR) is 148 cm³/mol. The van der Waals surface area contributed by atoms with E-state index in [0.29, 0.717) is 23.7 Å². The molecule has 2 unspecified atom stereocenters. The number of halogens is 1. The fourth-order valence-electron chi connectivity index (χ4n) is 5.75. The summed E-state index contributed by atoms with van der Waals surface area (Å²) < 4.78 is 6.59. The number of ether oxygens (including phenoxy) is 1. The van der Waals surface area contributed by atoms with Crippen molar-refractivity contribution in [1.29, 1.82) is 0 Å². The van der Waals surface area contributed by atoms with E-state index in [4.69, 9.17) is 15.5 Å². The molecule has 0 spiro atoms. The van der Waals surface area contributed by atoms with E-state index in [9.17, 15) is 9.59 Å². The van der Waals surface area contributed by atoms with Crippen molar-refractivity contribution in [2.45, 2.75) is 77.5 Å². The number of carbonyl (C=O) groups is 2. The number of rotatable bonds is 9. The first-order valence-electron chi connectivity index (χ1n) is 13.1. The van der Waals surface area contributed by atoms with E-state index in [-0.39, 0.29) is 36.6 Å². The van der Waals surface area contributed by atoms with Gasteiger partial charge >= 0.3 is 6.09 Å². The third kappa shape index (κ3) is 7.34. The number of nitrogens with two attached hydrogens (primary N) is 1. The van der Waals surface area contributed by atoms with Crippen molar-refractivity contribution < 1.29 is 14.3 Å². The number of fused-ring (bicyclic) bond motifs is 2. The number of hydrogen-bond donors (Lipinski definition) is 4. The van der Waals surface area contributed by atoms with Gasteiger partial charge in [-0.1, -0.05) is 25.5 Å². The Bertz CT molecular complexity index is 1100. The molecule has 2 aliphatic carbocycles. The quantitative estimate of drug-likeness (QED) is 0.327. The van der Waals surface area contributed by atoms with Crippen molar-refractivity contribution in [3.63, 3.8) is 0 Å². The molecule has 2 saturated carbocycles. The van der Waals surface area contributed by atoms with E-state index in [1.807, 2.05) is 38.1 Å². The van der Waals surface area contributed by atoms with E-state index in [0.717, 1.165) is 47.2 Å². The van der Waals surface area contributed by atoms with Crippen LogP contribution >= 0.6 is 15.9 Å². The maximum Gasteiger partial charge on any atom is 0.407 e. The van der Waals surface area contributed by atoms with Crippen LogP contribution in [0.2, 0.25) is 0 Å². The Balaban J connectivity index is 1.47. The number of carbonyl (C=O) groups excluding carboxylic acids is 2. The lowest BCUT2D eigenvalue weighted by Gasteiger charge is -2.48. The third-order valence-electron chi connectivity index (χ3n) is 7.29. The Kier molecular flexibility index (Phi) is 8.89. The van der Waals surface area contributed by atoms with Gasteiger partial charge in [-0.2, -0.15) is 4.98 Å². The maximum atomic E-state index is 12.2. The largest absolute Gasteiger partial charge is 0.446 e. The highest BCUT2D eigenvalue weighted by atomic mass is 79.9. The molecule has 2 bridgehead atoms. The molecular weight excluding hydrogens is 536 g/mol. The van der Waals surface area contributed by atoms with Crippen LogP contribution in [0.4, 0.5) is 22.2 Å². The number of primary amides is 1.